The summed E-state index contributed by atoms with van der Waals surface area (Å²) in [5, 5.41) is 0. The molecule has 0 radical (unpaired) electrons. The van der Waals surface area contributed by atoms with Crippen LogP contribution in [0.5, 0.6) is 0 Å². The van der Waals surface area contributed by atoms with Crippen LogP contribution in [0.3, 0.4) is 0 Å². The van der Waals surface area contributed by atoms with Gasteiger partial charge in [0.1, 0.15) is 6.29 Å². The largest absolute Gasteiger partial charge is 0.321 e. The molecular formula is C5H11NOS. The van der Waals surface area contributed by atoms with E-state index in [0.717, 1.165) is 0 Å². The van der Waals surface area contributed by atoms with Gasteiger partial charge in [-0.25, -0.2) is 0 Å². The van der Waals surface area contributed by atoms with Crippen LogP contribution in [0.2, 0.25) is 0 Å². The van der Waals surface area contributed by atoms with Crippen molar-refractivity contribution < 1.29 is 4.79 Å². The van der Waals surface area contributed by atoms with Gasteiger partial charge in [0.25, 0.3) is 0 Å². The van der Waals surface area contributed by atoms with Crippen molar-refractivity contribution in [2.45, 2.75) is 24.6 Å². The summed E-state index contributed by atoms with van der Waals surface area (Å²) in [6.45, 7) is 3.60. The summed E-state index contributed by atoms with van der Waals surface area (Å²) in [6, 6.07) is -0.467. The maximum absolute atomic E-state index is 9.98. The van der Waals surface area contributed by atoms with E-state index in [-0.39, 0.29) is 4.75 Å². The van der Waals surface area contributed by atoms with Crippen LogP contribution in [0.15, 0.2) is 0 Å². The molecule has 0 saturated heterocycles. The summed E-state index contributed by atoms with van der Waals surface area (Å²) in [5.74, 6) is 0. The maximum atomic E-state index is 9.98. The number of carbonyl (C=O) groups is 1. The highest BCUT2D eigenvalue weighted by Gasteiger charge is 2.20. The number of carbonyl (C=O) groups excluding carboxylic acids is 1. The third kappa shape index (κ3) is 2.33. The van der Waals surface area contributed by atoms with Crippen molar-refractivity contribution in [2.24, 2.45) is 5.73 Å². The highest BCUT2D eigenvalue weighted by atomic mass is 32.1. The molecule has 0 fully saturated rings. The van der Waals surface area contributed by atoms with Crippen LogP contribution in [0.1, 0.15) is 13.8 Å². The molecule has 0 amide bonds. The van der Waals surface area contributed by atoms with E-state index in [1.807, 2.05) is 0 Å². The second-order valence-corrected chi connectivity index (χ2v) is 3.47. The normalized spacial score (nSPS) is 15.5. The molecule has 2 N–H and O–H groups in total. The van der Waals surface area contributed by atoms with Crippen molar-refractivity contribution in [1.29, 1.82) is 0 Å². The van der Waals surface area contributed by atoms with Gasteiger partial charge >= 0.3 is 0 Å². The summed E-state index contributed by atoms with van der Waals surface area (Å²) in [4.78, 5) is 9.98. The lowest BCUT2D eigenvalue weighted by atomic mass is 10.1. The van der Waals surface area contributed by atoms with Gasteiger partial charge in [-0.2, -0.15) is 12.6 Å². The van der Waals surface area contributed by atoms with Gasteiger partial charge in [-0.1, -0.05) is 0 Å². The van der Waals surface area contributed by atoms with Crippen molar-refractivity contribution in [3.05, 3.63) is 0 Å². The highest BCUT2D eigenvalue weighted by Crippen LogP contribution is 2.13. The van der Waals surface area contributed by atoms with Gasteiger partial charge in [0.2, 0.25) is 0 Å². The average Bonchev–Trinajstić information content (AvgIpc) is 1.62. The Balaban J connectivity index is 3.80. The number of nitrogens with two attached hydrogens (primary N) is 1. The Morgan fingerprint density at radius 2 is 2.12 bits per heavy atom. The Hall–Kier alpha value is -0.0200. The van der Waals surface area contributed by atoms with Crippen molar-refractivity contribution >= 4 is 18.9 Å². The first-order chi connectivity index (χ1) is 3.48. The molecular weight excluding hydrogens is 122 g/mol. The summed E-state index contributed by atoms with van der Waals surface area (Å²) in [5.41, 5.74) is 5.31. The Bertz CT molecular complexity index is 86.9. The zero-order valence-electron chi connectivity index (χ0n) is 5.09. The van der Waals surface area contributed by atoms with Gasteiger partial charge in [-0.05, 0) is 13.8 Å². The highest BCUT2D eigenvalue weighted by molar-refractivity contribution is 7.81. The number of thiol groups is 1. The number of rotatable bonds is 2. The Labute approximate surface area is 54.9 Å². The number of hydrogen-bond acceptors (Lipinski definition) is 3. The van der Waals surface area contributed by atoms with Gasteiger partial charge < -0.3 is 10.5 Å². The van der Waals surface area contributed by atoms with E-state index in [1.165, 1.54) is 0 Å². The molecule has 0 unspecified atom stereocenters. The predicted octanol–water partition coefficient (Wildman–Crippen LogP) is 0.221. The van der Waals surface area contributed by atoms with Gasteiger partial charge in [0.15, 0.2) is 0 Å². The third-order valence-electron chi connectivity index (χ3n) is 0.962. The first-order valence-corrected chi connectivity index (χ1v) is 2.86. The molecule has 0 saturated carbocycles. The fourth-order valence-corrected chi connectivity index (χ4v) is 0.227. The van der Waals surface area contributed by atoms with Crippen molar-refractivity contribution in [3.63, 3.8) is 0 Å². The monoisotopic (exact) mass is 133 g/mol. The quantitative estimate of drug-likeness (QED) is 0.418. The van der Waals surface area contributed by atoms with Crippen LogP contribution in [-0.4, -0.2) is 17.1 Å². The van der Waals surface area contributed by atoms with Crippen molar-refractivity contribution in [1.82, 2.24) is 0 Å². The minimum atomic E-state index is -0.467. The van der Waals surface area contributed by atoms with E-state index in [2.05, 4.69) is 12.6 Å². The van der Waals surface area contributed by atoms with Crippen LogP contribution in [0.4, 0.5) is 0 Å². The average molecular weight is 133 g/mol. The SMILES string of the molecule is CC(C)(S)[C@H](N)C=O. The minimum Gasteiger partial charge on any atom is -0.321 e. The van der Waals surface area contributed by atoms with Crippen LogP contribution in [-0.2, 0) is 4.79 Å². The summed E-state index contributed by atoms with van der Waals surface area (Å²) in [6.07, 6.45) is 0.701. The lowest BCUT2D eigenvalue weighted by molar-refractivity contribution is -0.109. The standard InChI is InChI=1S/C5H11NOS/c1-5(2,8)4(6)3-7/h3-4,8H,6H2,1-2H3/t4-/m1/s1. The van der Waals surface area contributed by atoms with Crippen LogP contribution >= 0.6 is 12.6 Å². The van der Waals surface area contributed by atoms with Crippen LogP contribution in [0.25, 0.3) is 0 Å². The molecule has 0 heterocycles. The Kier molecular flexibility index (Phi) is 2.50. The van der Waals surface area contributed by atoms with E-state index in [1.54, 1.807) is 13.8 Å². The zero-order valence-corrected chi connectivity index (χ0v) is 5.98. The molecule has 0 rings (SSSR count). The molecule has 0 aromatic carbocycles. The van der Waals surface area contributed by atoms with Crippen LogP contribution < -0.4 is 5.73 Å². The molecule has 0 aliphatic carbocycles. The Morgan fingerprint density at radius 3 is 2.12 bits per heavy atom. The zero-order chi connectivity index (χ0) is 6.78. The number of hydrogen-bond donors (Lipinski definition) is 2. The fourth-order valence-electron chi connectivity index (χ4n) is 0.167. The first kappa shape index (κ1) is 7.98. The second kappa shape index (κ2) is 2.51. The lowest BCUT2D eigenvalue weighted by Crippen LogP contribution is -2.39. The molecule has 2 nitrogen and oxygen atoms in total. The topological polar surface area (TPSA) is 43.1 Å². The fraction of sp³-hybridized carbons (Fsp3) is 0.800. The third-order valence-corrected chi connectivity index (χ3v) is 1.26. The molecule has 0 aliphatic heterocycles. The van der Waals surface area contributed by atoms with Gasteiger partial charge in [-0.15, -0.1) is 0 Å². The molecule has 48 valence electrons. The van der Waals surface area contributed by atoms with E-state index in [0.29, 0.717) is 6.29 Å². The van der Waals surface area contributed by atoms with Crippen molar-refractivity contribution in [2.75, 3.05) is 0 Å². The van der Waals surface area contributed by atoms with Crippen molar-refractivity contribution in [3.8, 4) is 0 Å². The molecule has 1 atom stereocenters. The second-order valence-electron chi connectivity index (χ2n) is 2.32. The molecule has 0 spiro atoms. The molecule has 8 heavy (non-hydrogen) atoms. The van der Waals surface area contributed by atoms with Gasteiger partial charge in [0.05, 0.1) is 6.04 Å². The smallest absolute Gasteiger partial charge is 0.138 e. The predicted molar refractivity (Wildman–Crippen MR) is 37.1 cm³/mol. The van der Waals surface area contributed by atoms with E-state index in [9.17, 15) is 4.79 Å². The molecule has 0 aromatic rings. The van der Waals surface area contributed by atoms with Gasteiger partial charge in [-0.3, -0.25) is 0 Å². The van der Waals surface area contributed by atoms with Crippen LogP contribution in [0, 0.1) is 0 Å². The molecule has 3 heteroatoms. The first-order valence-electron chi connectivity index (χ1n) is 2.41. The van der Waals surface area contributed by atoms with E-state index >= 15 is 0 Å². The molecule has 0 bridgehead atoms. The van der Waals surface area contributed by atoms with E-state index < -0.39 is 6.04 Å². The molecule has 0 aromatic heterocycles. The number of aldehydes is 1. The molecule has 0 aliphatic rings. The summed E-state index contributed by atoms with van der Waals surface area (Å²) in [7, 11) is 0. The lowest BCUT2D eigenvalue weighted by Gasteiger charge is -2.19. The van der Waals surface area contributed by atoms with Gasteiger partial charge in [0, 0.05) is 4.75 Å². The summed E-state index contributed by atoms with van der Waals surface area (Å²) >= 11 is 4.07. The Morgan fingerprint density at radius 1 is 1.75 bits per heavy atom. The minimum absolute atomic E-state index is 0.387. The summed E-state index contributed by atoms with van der Waals surface area (Å²) < 4.78 is -0.387. The van der Waals surface area contributed by atoms with E-state index in [4.69, 9.17) is 5.73 Å². The maximum Gasteiger partial charge on any atom is 0.138 e.